The molecule has 0 bridgehead atoms. The summed E-state index contributed by atoms with van der Waals surface area (Å²) in [5, 5.41) is 10.9. The lowest BCUT2D eigenvalue weighted by Gasteiger charge is -2.32. The van der Waals surface area contributed by atoms with Crippen LogP contribution in [0, 0.1) is 0 Å². The van der Waals surface area contributed by atoms with Crippen molar-refractivity contribution in [1.29, 1.82) is 0 Å². The predicted octanol–water partition coefficient (Wildman–Crippen LogP) is 2.65. The van der Waals surface area contributed by atoms with Gasteiger partial charge in [-0.2, -0.15) is 0 Å². The van der Waals surface area contributed by atoms with E-state index in [4.69, 9.17) is 14.2 Å². The molecule has 0 amide bonds. The molecular formula is C20H26O6. The highest BCUT2D eigenvalue weighted by atomic mass is 16.6. The molecule has 6 nitrogen and oxygen atoms in total. The van der Waals surface area contributed by atoms with Gasteiger partial charge in [-0.05, 0) is 52.8 Å². The van der Waals surface area contributed by atoms with E-state index in [0.29, 0.717) is 11.1 Å². The van der Waals surface area contributed by atoms with E-state index in [1.807, 2.05) is 0 Å². The second-order valence-electron chi connectivity index (χ2n) is 6.87. The summed E-state index contributed by atoms with van der Waals surface area (Å²) < 4.78 is 16.5. The smallest absolute Gasteiger partial charge is 0.338 e. The summed E-state index contributed by atoms with van der Waals surface area (Å²) in [5.74, 6) is -1.05. The molecule has 1 aliphatic heterocycles. The first kappa shape index (κ1) is 20.1. The highest BCUT2D eigenvalue weighted by molar-refractivity contribution is 5.90. The number of hydrogen-bond donors (Lipinski definition) is 1. The van der Waals surface area contributed by atoms with Crippen molar-refractivity contribution in [3.63, 3.8) is 0 Å². The maximum Gasteiger partial charge on any atom is 0.338 e. The summed E-state index contributed by atoms with van der Waals surface area (Å²) in [5.41, 5.74) is -1.91. The van der Waals surface area contributed by atoms with Crippen molar-refractivity contribution in [1.82, 2.24) is 0 Å². The molecular weight excluding hydrogens is 336 g/mol. The summed E-state index contributed by atoms with van der Waals surface area (Å²) >= 11 is 0. The van der Waals surface area contributed by atoms with Crippen LogP contribution in [0.4, 0.5) is 0 Å². The van der Waals surface area contributed by atoms with Gasteiger partial charge in [0.05, 0.1) is 18.3 Å². The largest absolute Gasteiger partial charge is 0.463 e. The third-order valence-corrected chi connectivity index (χ3v) is 4.64. The first-order valence-electron chi connectivity index (χ1n) is 8.64. The number of aliphatic hydroxyl groups is 1. The molecule has 0 spiro atoms. The van der Waals surface area contributed by atoms with Gasteiger partial charge < -0.3 is 19.3 Å². The second-order valence-corrected chi connectivity index (χ2v) is 6.87. The second kappa shape index (κ2) is 7.60. The van der Waals surface area contributed by atoms with Gasteiger partial charge in [-0.1, -0.05) is 18.2 Å². The van der Waals surface area contributed by atoms with E-state index < -0.39 is 35.3 Å². The Morgan fingerprint density at radius 2 is 1.88 bits per heavy atom. The quantitative estimate of drug-likeness (QED) is 0.641. The Balaban J connectivity index is 2.33. The van der Waals surface area contributed by atoms with E-state index in [2.05, 4.69) is 0 Å². The van der Waals surface area contributed by atoms with Crippen LogP contribution in [-0.4, -0.2) is 47.1 Å². The van der Waals surface area contributed by atoms with Crippen molar-refractivity contribution in [2.45, 2.75) is 58.0 Å². The molecule has 0 radical (unpaired) electrons. The zero-order chi connectivity index (χ0) is 19.5. The fraction of sp³-hybridized carbons (Fsp3) is 0.500. The lowest BCUT2D eigenvalue weighted by Crippen LogP contribution is -2.50. The SMILES string of the molecule is CCOC(=O)/C(C)=C/[C@@]1(C)O[C@@H](C)[C@@](C)(O)[C@@H]1OC(=O)c1ccccc1. The molecule has 1 saturated heterocycles. The Morgan fingerprint density at radius 3 is 2.46 bits per heavy atom. The topological polar surface area (TPSA) is 82.1 Å². The molecule has 1 heterocycles. The van der Waals surface area contributed by atoms with Crippen LogP contribution in [0.2, 0.25) is 0 Å². The average Bonchev–Trinajstić information content (AvgIpc) is 2.75. The number of ether oxygens (including phenoxy) is 3. The van der Waals surface area contributed by atoms with Crippen LogP contribution in [0.25, 0.3) is 0 Å². The van der Waals surface area contributed by atoms with Crippen LogP contribution < -0.4 is 0 Å². The van der Waals surface area contributed by atoms with Crippen LogP contribution in [0.1, 0.15) is 45.0 Å². The van der Waals surface area contributed by atoms with Crippen LogP contribution >= 0.6 is 0 Å². The number of hydrogen-bond acceptors (Lipinski definition) is 6. The average molecular weight is 362 g/mol. The standard InChI is InChI=1S/C20H26O6/c1-6-24-16(21)13(2)12-19(4)18(20(5,23)14(3)26-19)25-17(22)15-10-8-7-9-11-15/h7-12,14,18,23H,6H2,1-5H3/b13-12+/t14-,18+,19+,20+/m0/s1. The minimum Gasteiger partial charge on any atom is -0.463 e. The lowest BCUT2D eigenvalue weighted by molar-refractivity contribution is -0.138. The molecule has 26 heavy (non-hydrogen) atoms. The van der Waals surface area contributed by atoms with E-state index in [-0.39, 0.29) is 6.61 Å². The maximum absolute atomic E-state index is 12.5. The van der Waals surface area contributed by atoms with Crippen molar-refractivity contribution in [2.24, 2.45) is 0 Å². The molecule has 4 atom stereocenters. The molecule has 0 aromatic heterocycles. The molecule has 1 fully saturated rings. The number of benzene rings is 1. The molecule has 1 aromatic rings. The van der Waals surface area contributed by atoms with E-state index >= 15 is 0 Å². The van der Waals surface area contributed by atoms with Gasteiger partial charge in [0.25, 0.3) is 0 Å². The zero-order valence-corrected chi connectivity index (χ0v) is 15.8. The number of carbonyl (C=O) groups is 2. The van der Waals surface area contributed by atoms with Gasteiger partial charge in [0, 0.05) is 5.57 Å². The molecule has 0 saturated carbocycles. The van der Waals surface area contributed by atoms with Crippen molar-refractivity contribution in [3.8, 4) is 0 Å². The summed E-state index contributed by atoms with van der Waals surface area (Å²) in [7, 11) is 0. The molecule has 1 N–H and O–H groups in total. The molecule has 0 aliphatic carbocycles. The molecule has 6 heteroatoms. The lowest BCUT2D eigenvalue weighted by atomic mass is 9.85. The minimum absolute atomic E-state index is 0.252. The highest BCUT2D eigenvalue weighted by Crippen LogP contribution is 2.42. The van der Waals surface area contributed by atoms with Crippen LogP contribution in [-0.2, 0) is 19.0 Å². The first-order chi connectivity index (χ1) is 12.1. The third kappa shape index (κ3) is 3.97. The van der Waals surface area contributed by atoms with E-state index in [9.17, 15) is 14.7 Å². The number of esters is 2. The molecule has 142 valence electrons. The van der Waals surface area contributed by atoms with Gasteiger partial charge in [-0.3, -0.25) is 0 Å². The summed E-state index contributed by atoms with van der Waals surface area (Å²) in [6, 6.07) is 8.52. The fourth-order valence-corrected chi connectivity index (χ4v) is 3.18. The first-order valence-corrected chi connectivity index (χ1v) is 8.64. The van der Waals surface area contributed by atoms with Crippen molar-refractivity contribution in [2.75, 3.05) is 6.61 Å². The molecule has 0 unspecified atom stereocenters. The van der Waals surface area contributed by atoms with Gasteiger partial charge in [0.15, 0.2) is 6.10 Å². The van der Waals surface area contributed by atoms with Crippen molar-refractivity contribution in [3.05, 3.63) is 47.5 Å². The normalized spacial score (nSPS) is 31.5. The van der Waals surface area contributed by atoms with E-state index in [0.717, 1.165) is 0 Å². The maximum atomic E-state index is 12.5. The van der Waals surface area contributed by atoms with Crippen LogP contribution in [0.3, 0.4) is 0 Å². The van der Waals surface area contributed by atoms with E-state index in [1.165, 1.54) is 0 Å². The molecule has 1 aromatic carbocycles. The summed E-state index contributed by atoms with van der Waals surface area (Å²) in [4.78, 5) is 24.5. The Labute approximate surface area is 153 Å². The van der Waals surface area contributed by atoms with Crippen LogP contribution in [0.15, 0.2) is 42.0 Å². The Hall–Kier alpha value is -2.18. The molecule has 2 rings (SSSR count). The van der Waals surface area contributed by atoms with E-state index in [1.54, 1.807) is 71.0 Å². The van der Waals surface area contributed by atoms with Gasteiger partial charge in [-0.15, -0.1) is 0 Å². The van der Waals surface area contributed by atoms with Crippen molar-refractivity contribution >= 4 is 11.9 Å². The monoisotopic (exact) mass is 362 g/mol. The van der Waals surface area contributed by atoms with Gasteiger partial charge >= 0.3 is 11.9 Å². The van der Waals surface area contributed by atoms with Gasteiger partial charge in [0.1, 0.15) is 11.2 Å². The number of rotatable bonds is 5. The third-order valence-electron chi connectivity index (χ3n) is 4.64. The Morgan fingerprint density at radius 1 is 1.27 bits per heavy atom. The summed E-state index contributed by atoms with van der Waals surface area (Å²) in [6.07, 6.45) is -0.0549. The minimum atomic E-state index is -1.43. The summed E-state index contributed by atoms with van der Waals surface area (Å²) in [6.45, 7) is 8.50. The van der Waals surface area contributed by atoms with Gasteiger partial charge in [-0.25, -0.2) is 9.59 Å². The van der Waals surface area contributed by atoms with Crippen LogP contribution in [0.5, 0.6) is 0 Å². The fourth-order valence-electron chi connectivity index (χ4n) is 3.18. The predicted molar refractivity (Wildman–Crippen MR) is 95.6 cm³/mol. The van der Waals surface area contributed by atoms with Gasteiger partial charge in [0.2, 0.25) is 0 Å². The molecule has 1 aliphatic rings. The number of carbonyl (C=O) groups excluding carboxylic acids is 2. The zero-order valence-electron chi connectivity index (χ0n) is 15.8. The van der Waals surface area contributed by atoms with Crippen molar-refractivity contribution < 1.29 is 28.9 Å². The Bertz CT molecular complexity index is 694. The Kier molecular flexibility index (Phi) is 5.88. The highest BCUT2D eigenvalue weighted by Gasteiger charge is 2.59.